The number of nitrogens with one attached hydrogen (secondary N) is 2. The van der Waals surface area contributed by atoms with Crippen LogP contribution in [-0.4, -0.2) is 25.4 Å². The van der Waals surface area contributed by atoms with E-state index >= 15 is 0 Å². The number of hydrogen-bond donors (Lipinski definition) is 2. The zero-order chi connectivity index (χ0) is 13.7. The van der Waals surface area contributed by atoms with Crippen LogP contribution in [0.5, 0.6) is 0 Å². The van der Waals surface area contributed by atoms with E-state index in [0.717, 1.165) is 23.4 Å². The van der Waals surface area contributed by atoms with Gasteiger partial charge in [-0.3, -0.25) is 0 Å². The summed E-state index contributed by atoms with van der Waals surface area (Å²) in [7, 11) is 1.65. The largest absolute Gasteiger partial charge is 0.383 e. The van der Waals surface area contributed by atoms with Gasteiger partial charge in [0.2, 0.25) is 0 Å². The highest BCUT2D eigenvalue weighted by Crippen LogP contribution is 2.37. The summed E-state index contributed by atoms with van der Waals surface area (Å²) in [5.74, 6) is 0. The lowest BCUT2D eigenvalue weighted by Crippen LogP contribution is -2.31. The molecule has 0 saturated heterocycles. The molecule has 102 valence electrons. The second-order valence-corrected chi connectivity index (χ2v) is 5.91. The number of thiophene rings is 1. The molecule has 0 saturated carbocycles. The smallest absolute Gasteiger partial charge is 0.171 e. The first kappa shape index (κ1) is 14.3. The van der Waals surface area contributed by atoms with Crippen molar-refractivity contribution in [3.05, 3.63) is 16.0 Å². The summed E-state index contributed by atoms with van der Waals surface area (Å²) >= 11 is 6.88. The van der Waals surface area contributed by atoms with E-state index in [-0.39, 0.29) is 0 Å². The predicted octanol–water partition coefficient (Wildman–Crippen LogP) is 2.43. The molecule has 1 aromatic rings. The molecular weight excluding hydrogens is 278 g/mol. The van der Waals surface area contributed by atoms with Crippen molar-refractivity contribution in [3.8, 4) is 6.07 Å². The highest BCUT2D eigenvalue weighted by molar-refractivity contribution is 7.80. The number of hydrogen-bond acceptors (Lipinski definition) is 4. The Morgan fingerprint density at radius 1 is 1.47 bits per heavy atom. The van der Waals surface area contributed by atoms with E-state index in [1.54, 1.807) is 18.4 Å². The Kier molecular flexibility index (Phi) is 5.14. The Balaban J connectivity index is 2.06. The van der Waals surface area contributed by atoms with Gasteiger partial charge in [-0.05, 0) is 43.5 Å². The maximum Gasteiger partial charge on any atom is 0.171 e. The molecule has 0 atom stereocenters. The van der Waals surface area contributed by atoms with Crippen molar-refractivity contribution in [1.82, 2.24) is 5.32 Å². The van der Waals surface area contributed by atoms with Crippen molar-refractivity contribution in [2.45, 2.75) is 25.7 Å². The fourth-order valence-corrected chi connectivity index (χ4v) is 3.70. The second kappa shape index (κ2) is 6.85. The number of nitrogens with zero attached hydrogens (tertiary/aromatic N) is 1. The molecule has 2 rings (SSSR count). The van der Waals surface area contributed by atoms with Crippen LogP contribution in [-0.2, 0) is 17.6 Å². The second-order valence-electron chi connectivity index (χ2n) is 4.40. The third-order valence-electron chi connectivity index (χ3n) is 3.10. The molecule has 0 bridgehead atoms. The zero-order valence-electron chi connectivity index (χ0n) is 10.9. The fraction of sp³-hybridized carbons (Fsp3) is 0.538. The van der Waals surface area contributed by atoms with E-state index in [1.165, 1.54) is 23.3 Å². The Bertz CT molecular complexity index is 505. The van der Waals surface area contributed by atoms with E-state index < -0.39 is 0 Å². The number of nitriles is 1. The number of ether oxygens (including phenoxy) is 1. The molecule has 1 aliphatic rings. The minimum absolute atomic E-state index is 0.548. The topological polar surface area (TPSA) is 57.1 Å². The van der Waals surface area contributed by atoms with Gasteiger partial charge in [-0.15, -0.1) is 11.3 Å². The fourth-order valence-electron chi connectivity index (χ4n) is 2.19. The van der Waals surface area contributed by atoms with Crippen LogP contribution in [0.2, 0.25) is 0 Å². The van der Waals surface area contributed by atoms with Gasteiger partial charge in [-0.25, -0.2) is 0 Å². The molecule has 1 aliphatic carbocycles. The number of aryl methyl sites for hydroxylation is 1. The van der Waals surface area contributed by atoms with Crippen LogP contribution in [0.4, 0.5) is 5.00 Å². The van der Waals surface area contributed by atoms with Crippen LogP contribution in [0.3, 0.4) is 0 Å². The Labute approximate surface area is 122 Å². The monoisotopic (exact) mass is 295 g/mol. The van der Waals surface area contributed by atoms with Gasteiger partial charge in [0.1, 0.15) is 11.1 Å². The van der Waals surface area contributed by atoms with Crippen LogP contribution in [0.15, 0.2) is 0 Å². The average molecular weight is 295 g/mol. The van der Waals surface area contributed by atoms with Crippen molar-refractivity contribution >= 4 is 33.7 Å². The van der Waals surface area contributed by atoms with Gasteiger partial charge in [0.25, 0.3) is 0 Å². The first-order chi connectivity index (χ1) is 9.26. The Hall–Kier alpha value is -1.16. The van der Waals surface area contributed by atoms with Crippen LogP contribution in [0, 0.1) is 11.3 Å². The van der Waals surface area contributed by atoms with Crippen LogP contribution in [0.1, 0.15) is 28.8 Å². The molecule has 6 heteroatoms. The summed E-state index contributed by atoms with van der Waals surface area (Å²) < 4.78 is 4.95. The molecule has 1 heterocycles. The molecule has 0 aliphatic heterocycles. The van der Waals surface area contributed by atoms with Gasteiger partial charge < -0.3 is 15.4 Å². The maximum absolute atomic E-state index is 9.32. The highest BCUT2D eigenvalue weighted by Gasteiger charge is 2.20. The summed E-state index contributed by atoms with van der Waals surface area (Å²) in [5, 5.41) is 16.9. The summed E-state index contributed by atoms with van der Waals surface area (Å²) in [6.45, 7) is 1.27. The van der Waals surface area contributed by atoms with Crippen LogP contribution in [0.25, 0.3) is 0 Å². The Morgan fingerprint density at radius 2 is 2.26 bits per heavy atom. The molecule has 0 amide bonds. The number of methoxy groups -OCH3 is 1. The van der Waals surface area contributed by atoms with Crippen molar-refractivity contribution in [2.75, 3.05) is 25.6 Å². The first-order valence-electron chi connectivity index (χ1n) is 6.34. The molecule has 19 heavy (non-hydrogen) atoms. The van der Waals surface area contributed by atoms with E-state index in [1.807, 2.05) is 0 Å². The number of anilines is 1. The quantitative estimate of drug-likeness (QED) is 0.660. The minimum Gasteiger partial charge on any atom is -0.383 e. The molecule has 0 unspecified atom stereocenters. The van der Waals surface area contributed by atoms with Crippen molar-refractivity contribution in [1.29, 1.82) is 5.26 Å². The highest BCUT2D eigenvalue weighted by atomic mass is 32.1. The van der Waals surface area contributed by atoms with Crippen molar-refractivity contribution < 1.29 is 4.74 Å². The SMILES string of the molecule is COCCNC(=S)Nc1sc2c(c1C#N)CCCC2. The summed E-state index contributed by atoms with van der Waals surface area (Å²) in [6, 6.07) is 2.31. The van der Waals surface area contributed by atoms with Crippen molar-refractivity contribution in [3.63, 3.8) is 0 Å². The van der Waals surface area contributed by atoms with Crippen LogP contribution < -0.4 is 10.6 Å². The predicted molar refractivity (Wildman–Crippen MR) is 81.8 cm³/mol. The summed E-state index contributed by atoms with van der Waals surface area (Å²) in [6.07, 6.45) is 4.49. The number of fused-ring (bicyclic) bond motifs is 1. The van der Waals surface area contributed by atoms with Gasteiger partial charge >= 0.3 is 0 Å². The molecule has 0 aromatic carbocycles. The van der Waals surface area contributed by atoms with Gasteiger partial charge in [0, 0.05) is 18.5 Å². The lowest BCUT2D eigenvalue weighted by Gasteiger charge is -2.10. The first-order valence-corrected chi connectivity index (χ1v) is 7.57. The lowest BCUT2D eigenvalue weighted by atomic mass is 9.96. The molecule has 0 radical (unpaired) electrons. The lowest BCUT2D eigenvalue weighted by molar-refractivity contribution is 0.204. The van der Waals surface area contributed by atoms with E-state index in [2.05, 4.69) is 16.7 Å². The minimum atomic E-state index is 0.548. The average Bonchev–Trinajstić information content (AvgIpc) is 2.76. The van der Waals surface area contributed by atoms with Gasteiger partial charge in [-0.2, -0.15) is 5.26 Å². The summed E-state index contributed by atoms with van der Waals surface area (Å²) in [5.41, 5.74) is 2.00. The van der Waals surface area contributed by atoms with Gasteiger partial charge in [0.05, 0.1) is 12.2 Å². The third-order valence-corrected chi connectivity index (χ3v) is 4.56. The van der Waals surface area contributed by atoms with Gasteiger partial charge in [0.15, 0.2) is 5.11 Å². The van der Waals surface area contributed by atoms with Crippen LogP contribution >= 0.6 is 23.6 Å². The standard InChI is InChI=1S/C13H17N3OS2/c1-17-7-6-15-13(18)16-12-10(8-14)9-4-2-3-5-11(9)19-12/h2-7H2,1H3,(H2,15,16,18). The molecular formula is C13H17N3OS2. The third kappa shape index (κ3) is 3.44. The summed E-state index contributed by atoms with van der Waals surface area (Å²) in [4.78, 5) is 1.34. The Morgan fingerprint density at radius 3 is 3.00 bits per heavy atom. The van der Waals surface area contributed by atoms with Crippen molar-refractivity contribution in [2.24, 2.45) is 0 Å². The molecule has 2 N–H and O–H groups in total. The number of rotatable bonds is 4. The van der Waals surface area contributed by atoms with E-state index in [4.69, 9.17) is 17.0 Å². The normalized spacial score (nSPS) is 13.5. The molecule has 1 aromatic heterocycles. The molecule has 4 nitrogen and oxygen atoms in total. The van der Waals surface area contributed by atoms with E-state index in [0.29, 0.717) is 18.3 Å². The molecule has 0 fully saturated rings. The molecule has 0 spiro atoms. The van der Waals surface area contributed by atoms with E-state index in [9.17, 15) is 5.26 Å². The van der Waals surface area contributed by atoms with Gasteiger partial charge in [-0.1, -0.05) is 0 Å². The zero-order valence-corrected chi connectivity index (χ0v) is 12.5. The maximum atomic E-state index is 9.32. The number of thiocarbonyl (C=S) groups is 1.